The molecular weight excluding hydrogens is 627 g/mol. The van der Waals surface area contributed by atoms with Crippen LogP contribution in [0.4, 0.5) is 0 Å². The molecule has 1 aliphatic carbocycles. The molecule has 0 fully saturated rings. The molecule has 0 atom stereocenters. The molecular formula is C35H29NO8S2. The van der Waals surface area contributed by atoms with Crippen LogP contribution in [0.3, 0.4) is 0 Å². The van der Waals surface area contributed by atoms with E-state index in [0.717, 1.165) is 5.39 Å². The van der Waals surface area contributed by atoms with Crippen molar-refractivity contribution in [2.24, 2.45) is 4.40 Å². The second-order valence-corrected chi connectivity index (χ2v) is 13.7. The Bertz CT molecular complexity index is 2190. The summed E-state index contributed by atoms with van der Waals surface area (Å²) in [6, 6.07) is 29.5. The van der Waals surface area contributed by atoms with Crippen molar-refractivity contribution in [2.75, 3.05) is 14.2 Å². The molecule has 0 aromatic heterocycles. The molecule has 0 radical (unpaired) electrons. The van der Waals surface area contributed by atoms with E-state index in [9.17, 15) is 26.7 Å². The Balaban J connectivity index is 0.000000181. The normalized spacial score (nSPS) is 13.5. The number of carbonyl (C=O) groups is 1. The van der Waals surface area contributed by atoms with Crippen LogP contribution in [0.1, 0.15) is 21.5 Å². The van der Waals surface area contributed by atoms with E-state index in [-0.39, 0.29) is 32.8 Å². The van der Waals surface area contributed by atoms with Crippen LogP contribution in [0, 0.1) is 0 Å². The van der Waals surface area contributed by atoms with E-state index in [4.69, 9.17) is 9.47 Å². The molecule has 6 rings (SSSR count). The number of ketones is 1. The van der Waals surface area contributed by atoms with Crippen LogP contribution < -0.4 is 9.47 Å². The minimum absolute atomic E-state index is 0.0635. The lowest BCUT2D eigenvalue weighted by atomic mass is 9.95. The van der Waals surface area contributed by atoms with Crippen molar-refractivity contribution in [1.82, 2.24) is 0 Å². The Hall–Kier alpha value is -5.26. The van der Waals surface area contributed by atoms with Crippen molar-refractivity contribution < 1.29 is 36.2 Å². The zero-order valence-corrected chi connectivity index (χ0v) is 26.5. The van der Waals surface area contributed by atoms with Gasteiger partial charge in [-0.2, -0.15) is 12.8 Å². The van der Waals surface area contributed by atoms with Crippen LogP contribution in [0.5, 0.6) is 17.2 Å². The van der Waals surface area contributed by atoms with Crippen LogP contribution >= 0.6 is 0 Å². The van der Waals surface area contributed by atoms with Gasteiger partial charge in [0, 0.05) is 16.5 Å². The molecule has 0 amide bonds. The van der Waals surface area contributed by atoms with E-state index in [1.54, 1.807) is 60.7 Å². The van der Waals surface area contributed by atoms with Crippen molar-refractivity contribution in [1.29, 1.82) is 0 Å². The van der Waals surface area contributed by atoms with Crippen LogP contribution in [-0.2, 0) is 25.6 Å². The second kappa shape index (κ2) is 13.4. The zero-order chi connectivity index (χ0) is 32.9. The third-order valence-electron chi connectivity index (χ3n) is 7.19. The molecule has 0 aliphatic heterocycles. The van der Waals surface area contributed by atoms with Crippen molar-refractivity contribution in [2.45, 2.75) is 15.5 Å². The summed E-state index contributed by atoms with van der Waals surface area (Å²) in [6.45, 7) is 0. The number of hydrogen-bond donors (Lipinski definition) is 1. The first-order valence-corrected chi connectivity index (χ1v) is 17.0. The SMILES string of the molecule is COc1ccc(S(=O)(=O)Cc2ccc(O)c3ccccc23)cc1.COc1ccc(S(=O)(=O)N=C2C=CC(=O)c3ccccc32)cc1. The minimum Gasteiger partial charge on any atom is -0.507 e. The molecule has 234 valence electrons. The van der Waals surface area contributed by atoms with Gasteiger partial charge in [-0.05, 0) is 77.7 Å². The van der Waals surface area contributed by atoms with Crippen molar-refractivity contribution in [3.63, 3.8) is 0 Å². The van der Waals surface area contributed by atoms with Gasteiger partial charge in [0.05, 0.1) is 35.5 Å². The molecule has 9 nitrogen and oxygen atoms in total. The van der Waals surface area contributed by atoms with E-state index in [2.05, 4.69) is 4.40 Å². The van der Waals surface area contributed by atoms with Crippen molar-refractivity contribution in [3.05, 3.63) is 138 Å². The van der Waals surface area contributed by atoms with E-state index in [0.29, 0.717) is 33.6 Å². The lowest BCUT2D eigenvalue weighted by molar-refractivity contribution is 0.104. The molecule has 0 bridgehead atoms. The quantitative estimate of drug-likeness (QED) is 0.220. The summed E-state index contributed by atoms with van der Waals surface area (Å²) < 4.78 is 64.1. The third-order valence-corrected chi connectivity index (χ3v) is 10.2. The fraction of sp³-hybridized carbons (Fsp3) is 0.0857. The van der Waals surface area contributed by atoms with Crippen LogP contribution in [0.2, 0.25) is 0 Å². The van der Waals surface area contributed by atoms with E-state index in [1.807, 2.05) is 18.2 Å². The number of sulfone groups is 1. The number of carbonyl (C=O) groups excluding carboxylic acids is 1. The highest BCUT2D eigenvalue weighted by molar-refractivity contribution is 7.90. The summed E-state index contributed by atoms with van der Waals surface area (Å²) in [5, 5.41) is 11.3. The maximum absolute atomic E-state index is 12.6. The van der Waals surface area contributed by atoms with E-state index < -0.39 is 19.9 Å². The number of allylic oxidation sites excluding steroid dienone is 2. The molecule has 0 unspecified atom stereocenters. The number of phenols is 1. The van der Waals surface area contributed by atoms with Crippen LogP contribution in [-0.4, -0.2) is 47.7 Å². The average molecular weight is 656 g/mol. The lowest BCUT2D eigenvalue weighted by Crippen LogP contribution is -2.14. The Morgan fingerprint density at radius 2 is 1.17 bits per heavy atom. The Labute approximate surface area is 267 Å². The number of sulfonamides is 1. The number of rotatable bonds is 7. The van der Waals surface area contributed by atoms with Crippen LogP contribution in [0.25, 0.3) is 10.8 Å². The van der Waals surface area contributed by atoms with Gasteiger partial charge in [-0.1, -0.05) is 54.6 Å². The monoisotopic (exact) mass is 655 g/mol. The fourth-order valence-electron chi connectivity index (χ4n) is 4.81. The third kappa shape index (κ3) is 7.01. The lowest BCUT2D eigenvalue weighted by Gasteiger charge is -2.11. The number of aromatic hydroxyl groups is 1. The van der Waals surface area contributed by atoms with Gasteiger partial charge in [0.25, 0.3) is 10.0 Å². The molecule has 5 aromatic carbocycles. The van der Waals surface area contributed by atoms with Gasteiger partial charge in [-0.15, -0.1) is 0 Å². The van der Waals surface area contributed by atoms with Gasteiger partial charge in [0.1, 0.15) is 17.2 Å². The summed E-state index contributed by atoms with van der Waals surface area (Å²) in [6.07, 6.45) is 2.75. The Kier molecular flexibility index (Phi) is 9.36. The molecule has 1 aliphatic rings. The van der Waals surface area contributed by atoms with Gasteiger partial charge in [-0.25, -0.2) is 8.42 Å². The highest BCUT2D eigenvalue weighted by atomic mass is 32.2. The molecule has 11 heteroatoms. The smallest absolute Gasteiger partial charge is 0.282 e. The highest BCUT2D eigenvalue weighted by Crippen LogP contribution is 2.30. The number of fused-ring (bicyclic) bond motifs is 2. The van der Waals surface area contributed by atoms with Gasteiger partial charge < -0.3 is 14.6 Å². The average Bonchev–Trinajstić information content (AvgIpc) is 3.08. The predicted octanol–water partition coefficient (Wildman–Crippen LogP) is 6.15. The molecule has 0 heterocycles. The summed E-state index contributed by atoms with van der Waals surface area (Å²) in [7, 11) is -4.32. The summed E-state index contributed by atoms with van der Waals surface area (Å²) in [4.78, 5) is 12.1. The minimum atomic E-state index is -3.88. The predicted molar refractivity (Wildman–Crippen MR) is 176 cm³/mol. The first-order chi connectivity index (χ1) is 22.0. The maximum Gasteiger partial charge on any atom is 0.282 e. The van der Waals surface area contributed by atoms with Gasteiger partial charge in [0.15, 0.2) is 15.6 Å². The van der Waals surface area contributed by atoms with Gasteiger partial charge in [0.2, 0.25) is 0 Å². The first-order valence-electron chi connectivity index (χ1n) is 13.9. The highest BCUT2D eigenvalue weighted by Gasteiger charge is 2.21. The standard InChI is InChI=1S/C18H16O4S.C17H13NO4S/c1-22-14-7-9-15(10-8-14)23(20,21)12-13-6-11-18(19)17-5-3-2-4-16(13)17;1-22-12-6-8-13(9-7-12)23(20,21)18-16-10-11-17(19)15-5-3-2-4-14(15)16/h2-11,19H,12H2,1H3;2-11H,1H3. The van der Waals surface area contributed by atoms with Gasteiger partial charge >= 0.3 is 0 Å². The van der Waals surface area contributed by atoms with E-state index in [1.165, 1.54) is 56.7 Å². The fourth-order valence-corrected chi connectivity index (χ4v) is 7.19. The molecule has 0 saturated heterocycles. The zero-order valence-electron chi connectivity index (χ0n) is 24.8. The molecule has 5 aromatic rings. The van der Waals surface area contributed by atoms with Crippen molar-refractivity contribution in [3.8, 4) is 17.2 Å². The topological polar surface area (TPSA) is 136 Å². The summed E-state index contributed by atoms with van der Waals surface area (Å²) in [5.74, 6) is 1.02. The Morgan fingerprint density at radius 3 is 1.78 bits per heavy atom. The molecule has 46 heavy (non-hydrogen) atoms. The number of phenolic OH excluding ortho intramolecular Hbond substituents is 1. The maximum atomic E-state index is 12.6. The van der Waals surface area contributed by atoms with Gasteiger partial charge in [-0.3, -0.25) is 4.79 Å². The largest absolute Gasteiger partial charge is 0.507 e. The second-order valence-electron chi connectivity index (χ2n) is 10.1. The number of hydrogen-bond acceptors (Lipinski definition) is 8. The first kappa shape index (κ1) is 32.1. The number of nitrogens with zero attached hydrogens (tertiary/aromatic N) is 1. The number of methoxy groups -OCH3 is 2. The number of ether oxygens (including phenoxy) is 2. The van der Waals surface area contributed by atoms with Crippen molar-refractivity contribution >= 4 is 42.1 Å². The van der Waals surface area contributed by atoms with E-state index >= 15 is 0 Å². The molecule has 1 N–H and O–H groups in total. The Morgan fingerprint density at radius 1 is 0.630 bits per heavy atom. The summed E-state index contributed by atoms with van der Waals surface area (Å²) >= 11 is 0. The van der Waals surface area contributed by atoms with Crippen LogP contribution in [0.15, 0.2) is 136 Å². The molecule has 0 spiro atoms. The molecule has 0 saturated carbocycles. The summed E-state index contributed by atoms with van der Waals surface area (Å²) in [5.41, 5.74) is 1.86. The number of benzene rings is 5.